The van der Waals surface area contributed by atoms with Crippen LogP contribution in [0.5, 0.6) is 0 Å². The molecule has 252 valence electrons. The molecule has 11 rings (SSSR count). The molecule has 0 radical (unpaired) electrons. The van der Waals surface area contributed by atoms with Gasteiger partial charge in [0.1, 0.15) is 0 Å². The predicted molar refractivity (Wildman–Crippen MR) is 221 cm³/mol. The summed E-state index contributed by atoms with van der Waals surface area (Å²) in [5.41, 5.74) is 15.4. The van der Waals surface area contributed by atoms with Gasteiger partial charge in [-0.05, 0) is 62.7 Å². The van der Waals surface area contributed by atoms with Gasteiger partial charge in [-0.15, -0.1) is 0 Å². The Morgan fingerprint density at radius 2 is 0.889 bits per heavy atom. The first kappa shape index (κ1) is 31.0. The predicted octanol–water partition coefficient (Wildman–Crippen LogP) is 12.5. The lowest BCUT2D eigenvalue weighted by molar-refractivity contribution is 0.723. The van der Waals surface area contributed by atoms with Gasteiger partial charge in [0.15, 0.2) is 5.82 Å². The lowest BCUT2D eigenvalue weighted by atomic mass is 9.66. The van der Waals surface area contributed by atoms with Crippen molar-refractivity contribution in [1.82, 2.24) is 15.0 Å². The number of nitrogens with zero attached hydrogens (tertiary/aromatic N) is 3. The molecule has 0 atom stereocenters. The van der Waals surface area contributed by atoms with Gasteiger partial charge >= 0.3 is 0 Å². The van der Waals surface area contributed by atoms with Gasteiger partial charge in [0, 0.05) is 38.1 Å². The van der Waals surface area contributed by atoms with E-state index in [1.54, 1.807) is 0 Å². The first-order valence-corrected chi connectivity index (χ1v) is 19.1. The molecule has 3 heterocycles. The molecule has 4 heteroatoms. The highest BCUT2D eigenvalue weighted by atomic mass is 32.2. The van der Waals surface area contributed by atoms with Gasteiger partial charge in [0.05, 0.1) is 22.3 Å². The zero-order valence-corrected chi connectivity index (χ0v) is 30.0. The van der Waals surface area contributed by atoms with E-state index in [1.165, 1.54) is 54.3 Å². The molecule has 0 amide bonds. The summed E-state index contributed by atoms with van der Waals surface area (Å²) in [6.07, 6.45) is 1.87. The van der Waals surface area contributed by atoms with Crippen LogP contribution >= 0.6 is 11.8 Å². The van der Waals surface area contributed by atoms with Crippen molar-refractivity contribution < 1.29 is 0 Å². The zero-order chi connectivity index (χ0) is 35.6. The first-order valence-electron chi connectivity index (χ1n) is 18.3. The van der Waals surface area contributed by atoms with E-state index < -0.39 is 5.41 Å². The second-order valence-corrected chi connectivity index (χ2v) is 14.9. The number of hydrogen-bond donors (Lipinski definition) is 0. The Morgan fingerprint density at radius 1 is 0.389 bits per heavy atom. The van der Waals surface area contributed by atoms with Gasteiger partial charge in [-0.3, -0.25) is 4.98 Å². The summed E-state index contributed by atoms with van der Waals surface area (Å²) in [6.45, 7) is 0. The van der Waals surface area contributed by atoms with Crippen molar-refractivity contribution in [3.8, 4) is 56.2 Å². The van der Waals surface area contributed by atoms with Crippen LogP contribution in [0.4, 0.5) is 0 Å². The van der Waals surface area contributed by atoms with Gasteiger partial charge in [0.2, 0.25) is 0 Å². The van der Waals surface area contributed by atoms with Gasteiger partial charge in [-0.2, -0.15) is 0 Å². The van der Waals surface area contributed by atoms with Crippen molar-refractivity contribution in [2.24, 2.45) is 0 Å². The quantitative estimate of drug-likeness (QED) is 0.183. The fourth-order valence-electron chi connectivity index (χ4n) is 8.75. The Morgan fingerprint density at radius 3 is 1.54 bits per heavy atom. The van der Waals surface area contributed by atoms with Crippen LogP contribution in [0.3, 0.4) is 0 Å². The molecular weight excluding hydrogens is 675 g/mol. The van der Waals surface area contributed by atoms with Gasteiger partial charge in [0.25, 0.3) is 0 Å². The monoisotopic (exact) mass is 705 g/mol. The first-order chi connectivity index (χ1) is 26.8. The van der Waals surface area contributed by atoms with E-state index in [4.69, 9.17) is 15.0 Å². The summed E-state index contributed by atoms with van der Waals surface area (Å²) in [5, 5.41) is 1.14. The lowest BCUT2D eigenvalue weighted by Gasteiger charge is -2.41. The van der Waals surface area contributed by atoms with Crippen LogP contribution in [-0.4, -0.2) is 15.0 Å². The Kier molecular flexibility index (Phi) is 7.01. The van der Waals surface area contributed by atoms with Crippen molar-refractivity contribution >= 4 is 22.7 Å². The minimum absolute atomic E-state index is 0.558. The van der Waals surface area contributed by atoms with E-state index in [1.807, 2.05) is 36.2 Å². The Balaban J connectivity index is 1.24. The minimum Gasteiger partial charge on any atom is -0.256 e. The standard InChI is InChI=1S/C50H31N3S/c1-3-15-32(16-4-1)45-31-46(33-17-5-2-6-18-33)53-49(52-45)39-23-12-28-43-48(39)54-47-38(34-21-13-29-44-37(34)24-14-30-51-44)22-11-27-42(47)50(43)40-25-9-7-19-35(40)36-20-8-10-26-41(36)50/h1-31H. The summed E-state index contributed by atoms with van der Waals surface area (Å²) in [6, 6.07) is 65.2. The molecule has 0 saturated carbocycles. The van der Waals surface area contributed by atoms with Crippen LogP contribution in [0.2, 0.25) is 0 Å². The van der Waals surface area contributed by atoms with E-state index >= 15 is 0 Å². The average molecular weight is 706 g/mol. The van der Waals surface area contributed by atoms with E-state index in [9.17, 15) is 0 Å². The number of aromatic nitrogens is 3. The third-order valence-electron chi connectivity index (χ3n) is 11.0. The highest BCUT2D eigenvalue weighted by molar-refractivity contribution is 7.99. The third-order valence-corrected chi connectivity index (χ3v) is 12.3. The summed E-state index contributed by atoms with van der Waals surface area (Å²) in [5.74, 6) is 0.713. The lowest BCUT2D eigenvalue weighted by Crippen LogP contribution is -2.32. The summed E-state index contributed by atoms with van der Waals surface area (Å²) in [4.78, 5) is 17.9. The second-order valence-electron chi connectivity index (χ2n) is 13.9. The molecule has 54 heavy (non-hydrogen) atoms. The molecule has 1 spiro atoms. The number of fused-ring (bicyclic) bond motifs is 10. The fourth-order valence-corrected chi connectivity index (χ4v) is 10.2. The molecule has 3 nitrogen and oxygen atoms in total. The Labute approximate surface area is 318 Å². The topological polar surface area (TPSA) is 38.7 Å². The molecule has 9 aromatic rings. The van der Waals surface area contributed by atoms with Crippen molar-refractivity contribution in [3.05, 3.63) is 210 Å². The van der Waals surface area contributed by atoms with Crippen LogP contribution in [0.25, 0.3) is 67.1 Å². The molecule has 0 bridgehead atoms. The normalized spacial score (nSPS) is 13.3. The molecule has 7 aromatic carbocycles. The molecule has 0 saturated heterocycles. The van der Waals surface area contributed by atoms with Gasteiger partial charge in [-0.25, -0.2) is 9.97 Å². The Hall–Kier alpha value is -6.62. The smallest absolute Gasteiger partial charge is 0.161 e. The van der Waals surface area contributed by atoms with Crippen LogP contribution in [-0.2, 0) is 5.41 Å². The minimum atomic E-state index is -0.558. The average Bonchev–Trinajstić information content (AvgIpc) is 3.54. The summed E-state index contributed by atoms with van der Waals surface area (Å²) < 4.78 is 0. The molecule has 0 unspecified atom stereocenters. The maximum atomic E-state index is 5.36. The van der Waals surface area contributed by atoms with E-state index in [0.717, 1.165) is 39.0 Å². The molecule has 0 fully saturated rings. The number of rotatable bonds is 4. The maximum Gasteiger partial charge on any atom is 0.161 e. The summed E-state index contributed by atoms with van der Waals surface area (Å²) >= 11 is 1.85. The molecular formula is C50H31N3S. The summed E-state index contributed by atoms with van der Waals surface area (Å²) in [7, 11) is 0. The molecule has 2 aliphatic rings. The van der Waals surface area contributed by atoms with Gasteiger partial charge in [-0.1, -0.05) is 176 Å². The van der Waals surface area contributed by atoms with E-state index in [-0.39, 0.29) is 0 Å². The fraction of sp³-hybridized carbons (Fsp3) is 0.0200. The van der Waals surface area contributed by atoms with Crippen molar-refractivity contribution in [2.45, 2.75) is 15.2 Å². The molecule has 0 N–H and O–H groups in total. The highest BCUT2D eigenvalue weighted by Crippen LogP contribution is 2.64. The van der Waals surface area contributed by atoms with Crippen LogP contribution < -0.4 is 0 Å². The number of hydrogen-bond acceptors (Lipinski definition) is 4. The van der Waals surface area contributed by atoms with E-state index in [0.29, 0.717) is 5.82 Å². The number of benzene rings is 7. The largest absolute Gasteiger partial charge is 0.256 e. The van der Waals surface area contributed by atoms with E-state index in [2.05, 4.69) is 164 Å². The van der Waals surface area contributed by atoms with Crippen LogP contribution in [0.15, 0.2) is 198 Å². The van der Waals surface area contributed by atoms with Crippen molar-refractivity contribution in [3.63, 3.8) is 0 Å². The van der Waals surface area contributed by atoms with Crippen LogP contribution in [0.1, 0.15) is 22.3 Å². The third kappa shape index (κ3) is 4.54. The molecule has 1 aliphatic carbocycles. The SMILES string of the molecule is c1ccc(-c2cc(-c3ccccc3)nc(-c3cccc4c3Sc3c(-c5cccc6ncccc56)cccc3C43c4ccccc4-c4ccccc43)n2)cc1. The highest BCUT2D eigenvalue weighted by Gasteiger charge is 2.51. The molecule has 1 aliphatic heterocycles. The molecule has 2 aromatic heterocycles. The van der Waals surface area contributed by atoms with Crippen molar-refractivity contribution in [1.29, 1.82) is 0 Å². The second kappa shape index (κ2) is 12.2. The zero-order valence-electron chi connectivity index (χ0n) is 29.1. The maximum absolute atomic E-state index is 5.36. The Bertz CT molecular complexity index is 2810. The van der Waals surface area contributed by atoms with Crippen molar-refractivity contribution in [2.75, 3.05) is 0 Å². The number of pyridine rings is 1. The van der Waals surface area contributed by atoms with Crippen LogP contribution in [0, 0.1) is 0 Å². The van der Waals surface area contributed by atoms with Gasteiger partial charge < -0.3 is 0 Å².